The highest BCUT2D eigenvalue weighted by Crippen LogP contribution is 2.38. The summed E-state index contributed by atoms with van der Waals surface area (Å²) >= 11 is 6.83. The van der Waals surface area contributed by atoms with Crippen LogP contribution in [0.4, 0.5) is 5.69 Å². The molecular formula is C24H21NO2S2. The zero-order valence-corrected chi connectivity index (χ0v) is 17.8. The zero-order chi connectivity index (χ0) is 20.2. The van der Waals surface area contributed by atoms with Gasteiger partial charge in [0.05, 0.1) is 17.2 Å². The first kappa shape index (κ1) is 19.7. The van der Waals surface area contributed by atoms with Gasteiger partial charge in [-0.3, -0.25) is 9.69 Å². The molecule has 0 aliphatic carbocycles. The van der Waals surface area contributed by atoms with Gasteiger partial charge in [0, 0.05) is 5.56 Å². The predicted octanol–water partition coefficient (Wildman–Crippen LogP) is 6.42. The van der Waals surface area contributed by atoms with Crippen molar-refractivity contribution >= 4 is 56.7 Å². The van der Waals surface area contributed by atoms with E-state index in [9.17, 15) is 4.79 Å². The summed E-state index contributed by atoms with van der Waals surface area (Å²) in [7, 11) is 0. The second kappa shape index (κ2) is 8.80. The van der Waals surface area contributed by atoms with Crippen LogP contribution in [0.5, 0.6) is 5.75 Å². The average Bonchev–Trinajstić information content (AvgIpc) is 3.03. The monoisotopic (exact) mass is 419 g/mol. The van der Waals surface area contributed by atoms with Crippen LogP contribution in [0.15, 0.2) is 71.6 Å². The maximum atomic E-state index is 13.1. The largest absolute Gasteiger partial charge is 0.493 e. The fourth-order valence-corrected chi connectivity index (χ4v) is 4.56. The Hall–Kier alpha value is -2.63. The van der Waals surface area contributed by atoms with Crippen LogP contribution in [-0.2, 0) is 4.79 Å². The number of carbonyl (C=O) groups excluding carboxylic acids is 1. The van der Waals surface area contributed by atoms with Crippen LogP contribution in [0.25, 0.3) is 16.8 Å². The smallest absolute Gasteiger partial charge is 0.270 e. The molecule has 3 aromatic carbocycles. The summed E-state index contributed by atoms with van der Waals surface area (Å²) in [5.74, 6) is 0.695. The topological polar surface area (TPSA) is 29.5 Å². The molecule has 0 unspecified atom stereocenters. The van der Waals surface area contributed by atoms with Gasteiger partial charge in [-0.15, -0.1) is 0 Å². The Morgan fingerprint density at radius 2 is 1.79 bits per heavy atom. The first-order valence-electron chi connectivity index (χ1n) is 9.66. The molecule has 1 saturated heterocycles. The van der Waals surface area contributed by atoms with E-state index in [1.54, 1.807) is 4.90 Å². The van der Waals surface area contributed by atoms with Crippen LogP contribution in [0.1, 0.15) is 25.3 Å². The molecule has 0 bridgehead atoms. The van der Waals surface area contributed by atoms with Crippen molar-refractivity contribution in [2.45, 2.75) is 19.8 Å². The van der Waals surface area contributed by atoms with Crippen LogP contribution in [0.3, 0.4) is 0 Å². The molecule has 1 amide bonds. The number of hydrogen-bond acceptors (Lipinski definition) is 4. The first-order chi connectivity index (χ1) is 14.2. The molecule has 29 heavy (non-hydrogen) atoms. The summed E-state index contributed by atoms with van der Waals surface area (Å²) in [6, 6.07) is 21.7. The molecular weight excluding hydrogens is 398 g/mol. The molecule has 1 heterocycles. The second-order valence-corrected chi connectivity index (χ2v) is 8.43. The van der Waals surface area contributed by atoms with Gasteiger partial charge in [0.15, 0.2) is 4.32 Å². The minimum Gasteiger partial charge on any atom is -0.493 e. The van der Waals surface area contributed by atoms with Crippen molar-refractivity contribution in [2.24, 2.45) is 0 Å². The molecule has 0 spiro atoms. The molecule has 1 fully saturated rings. The molecule has 0 aromatic heterocycles. The third kappa shape index (κ3) is 4.07. The standard InChI is InChI=1S/C24H21NO2S2/c1-2-3-15-27-21-14-13-17-9-7-8-12-19(17)20(21)16-22-23(26)25(24(28)29-22)18-10-5-4-6-11-18/h4-14,16H,2-3,15H2,1H3/b22-16-. The molecule has 0 saturated carbocycles. The molecule has 0 radical (unpaired) electrons. The van der Waals surface area contributed by atoms with E-state index in [-0.39, 0.29) is 5.91 Å². The number of carbonyl (C=O) groups is 1. The lowest BCUT2D eigenvalue weighted by Crippen LogP contribution is -2.27. The minimum absolute atomic E-state index is 0.0985. The van der Waals surface area contributed by atoms with Gasteiger partial charge >= 0.3 is 0 Å². The third-order valence-electron chi connectivity index (χ3n) is 4.77. The Balaban J connectivity index is 1.76. The number of nitrogens with zero attached hydrogens (tertiary/aromatic N) is 1. The lowest BCUT2D eigenvalue weighted by molar-refractivity contribution is -0.113. The maximum Gasteiger partial charge on any atom is 0.270 e. The van der Waals surface area contributed by atoms with Gasteiger partial charge in [-0.05, 0) is 41.5 Å². The minimum atomic E-state index is -0.0985. The summed E-state index contributed by atoms with van der Waals surface area (Å²) in [6.07, 6.45) is 3.98. The van der Waals surface area contributed by atoms with Crippen molar-refractivity contribution in [3.05, 3.63) is 77.2 Å². The SMILES string of the molecule is CCCCOc1ccc2ccccc2c1/C=C1\SC(=S)N(c2ccccc2)C1=O. The highest BCUT2D eigenvalue weighted by molar-refractivity contribution is 8.27. The van der Waals surface area contributed by atoms with Crippen molar-refractivity contribution in [3.8, 4) is 5.75 Å². The fraction of sp³-hybridized carbons (Fsp3) is 0.167. The predicted molar refractivity (Wildman–Crippen MR) is 126 cm³/mol. The van der Waals surface area contributed by atoms with E-state index in [1.807, 2.05) is 54.6 Å². The van der Waals surface area contributed by atoms with E-state index in [4.69, 9.17) is 17.0 Å². The number of para-hydroxylation sites is 1. The van der Waals surface area contributed by atoms with Gasteiger partial charge in [0.1, 0.15) is 5.75 Å². The van der Waals surface area contributed by atoms with Crippen LogP contribution in [-0.4, -0.2) is 16.8 Å². The Kier molecular flexibility index (Phi) is 5.97. The van der Waals surface area contributed by atoms with E-state index in [2.05, 4.69) is 25.1 Å². The number of anilines is 1. The summed E-state index contributed by atoms with van der Waals surface area (Å²) in [6.45, 7) is 2.79. The summed E-state index contributed by atoms with van der Waals surface area (Å²) in [5.41, 5.74) is 1.71. The third-order valence-corrected chi connectivity index (χ3v) is 6.07. The summed E-state index contributed by atoms with van der Waals surface area (Å²) in [5, 5.41) is 2.17. The van der Waals surface area contributed by atoms with Crippen LogP contribution >= 0.6 is 24.0 Å². The van der Waals surface area contributed by atoms with Crippen molar-refractivity contribution in [2.75, 3.05) is 11.5 Å². The quantitative estimate of drug-likeness (QED) is 0.262. The van der Waals surface area contributed by atoms with Gasteiger partial charge in [0.25, 0.3) is 5.91 Å². The van der Waals surface area contributed by atoms with Crippen molar-refractivity contribution in [1.29, 1.82) is 0 Å². The lowest BCUT2D eigenvalue weighted by atomic mass is 10.0. The Labute approximate surface area is 180 Å². The Bertz CT molecular complexity index is 1090. The zero-order valence-electron chi connectivity index (χ0n) is 16.1. The van der Waals surface area contributed by atoms with Crippen LogP contribution in [0.2, 0.25) is 0 Å². The molecule has 5 heteroatoms. The van der Waals surface area contributed by atoms with Crippen molar-refractivity contribution in [3.63, 3.8) is 0 Å². The van der Waals surface area contributed by atoms with Gasteiger partial charge in [-0.2, -0.15) is 0 Å². The van der Waals surface area contributed by atoms with E-state index < -0.39 is 0 Å². The van der Waals surface area contributed by atoms with E-state index in [1.165, 1.54) is 11.8 Å². The van der Waals surface area contributed by atoms with Crippen molar-refractivity contribution < 1.29 is 9.53 Å². The normalized spacial score (nSPS) is 15.5. The van der Waals surface area contributed by atoms with E-state index >= 15 is 0 Å². The van der Waals surface area contributed by atoms with E-state index in [0.29, 0.717) is 15.8 Å². The molecule has 146 valence electrons. The number of ether oxygens (including phenoxy) is 1. The molecule has 0 N–H and O–H groups in total. The molecule has 1 aliphatic heterocycles. The maximum absolute atomic E-state index is 13.1. The number of thiocarbonyl (C=S) groups is 1. The lowest BCUT2D eigenvalue weighted by Gasteiger charge is -2.14. The van der Waals surface area contributed by atoms with Gasteiger partial charge in [-0.25, -0.2) is 0 Å². The highest BCUT2D eigenvalue weighted by atomic mass is 32.2. The first-order valence-corrected chi connectivity index (χ1v) is 10.9. The fourth-order valence-electron chi connectivity index (χ4n) is 3.28. The summed E-state index contributed by atoms with van der Waals surface area (Å²) < 4.78 is 6.60. The number of thioether (sulfide) groups is 1. The van der Waals surface area contributed by atoms with E-state index in [0.717, 1.165) is 40.6 Å². The van der Waals surface area contributed by atoms with Crippen LogP contribution < -0.4 is 9.64 Å². The van der Waals surface area contributed by atoms with Crippen molar-refractivity contribution in [1.82, 2.24) is 0 Å². The Morgan fingerprint density at radius 1 is 1.03 bits per heavy atom. The summed E-state index contributed by atoms with van der Waals surface area (Å²) in [4.78, 5) is 15.3. The van der Waals surface area contributed by atoms with Gasteiger partial charge in [0.2, 0.25) is 0 Å². The molecule has 3 aromatic rings. The highest BCUT2D eigenvalue weighted by Gasteiger charge is 2.33. The number of amides is 1. The molecule has 0 atom stereocenters. The second-order valence-electron chi connectivity index (χ2n) is 6.75. The average molecular weight is 420 g/mol. The van der Waals surface area contributed by atoms with Crippen LogP contribution in [0, 0.1) is 0 Å². The number of unbranched alkanes of at least 4 members (excludes halogenated alkanes) is 1. The number of hydrogen-bond donors (Lipinski definition) is 0. The molecule has 1 aliphatic rings. The number of fused-ring (bicyclic) bond motifs is 1. The molecule has 3 nitrogen and oxygen atoms in total. The van der Waals surface area contributed by atoms with Gasteiger partial charge in [-0.1, -0.05) is 85.9 Å². The van der Waals surface area contributed by atoms with Gasteiger partial charge < -0.3 is 4.74 Å². The number of rotatable bonds is 6. The number of benzene rings is 3. The Morgan fingerprint density at radius 3 is 2.59 bits per heavy atom. The molecule has 4 rings (SSSR count).